The van der Waals surface area contributed by atoms with E-state index in [0.717, 1.165) is 45.3 Å². The van der Waals surface area contributed by atoms with Gasteiger partial charge in [-0.05, 0) is 55.9 Å². The highest BCUT2D eigenvalue weighted by molar-refractivity contribution is 7.89. The van der Waals surface area contributed by atoms with Crippen molar-refractivity contribution in [3.63, 3.8) is 0 Å². The average Bonchev–Trinajstić information content (AvgIpc) is 3.64. The van der Waals surface area contributed by atoms with Gasteiger partial charge in [0.2, 0.25) is 10.0 Å². The van der Waals surface area contributed by atoms with Crippen LogP contribution in [0.3, 0.4) is 0 Å². The van der Waals surface area contributed by atoms with Crippen LogP contribution in [0.4, 0.5) is 4.79 Å². The number of nitrogens with zero attached hydrogens (tertiary/aromatic N) is 2. The number of ether oxygens (including phenoxy) is 2. The van der Waals surface area contributed by atoms with Gasteiger partial charge in [-0.15, -0.1) is 0 Å². The SMILES string of the molecule is O=C(NCCN1CCOCC1)OC[C@@H]1CCC[C@H](C2CC2)N1S(=O)(=O)c1ccc(Cl)cc1. The van der Waals surface area contributed by atoms with Crippen molar-refractivity contribution in [3.8, 4) is 0 Å². The van der Waals surface area contributed by atoms with E-state index in [1.807, 2.05) is 0 Å². The van der Waals surface area contributed by atoms with Gasteiger partial charge < -0.3 is 14.8 Å². The average molecular weight is 486 g/mol. The van der Waals surface area contributed by atoms with Gasteiger partial charge in [-0.1, -0.05) is 18.0 Å². The highest BCUT2D eigenvalue weighted by atomic mass is 35.5. The molecule has 178 valence electrons. The van der Waals surface area contributed by atoms with Crippen molar-refractivity contribution < 1.29 is 22.7 Å². The predicted molar refractivity (Wildman–Crippen MR) is 121 cm³/mol. The quantitative estimate of drug-likeness (QED) is 0.609. The summed E-state index contributed by atoms with van der Waals surface area (Å²) in [6.07, 6.45) is 4.05. The zero-order chi connectivity index (χ0) is 22.6. The molecule has 0 radical (unpaired) electrons. The van der Waals surface area contributed by atoms with Gasteiger partial charge in [0.1, 0.15) is 6.61 Å². The van der Waals surface area contributed by atoms with Gasteiger partial charge in [-0.3, -0.25) is 4.90 Å². The Hall–Kier alpha value is -1.39. The molecule has 4 rings (SSSR count). The summed E-state index contributed by atoms with van der Waals surface area (Å²) < 4.78 is 39.5. The van der Waals surface area contributed by atoms with E-state index < -0.39 is 16.1 Å². The maximum atomic E-state index is 13.6. The second kappa shape index (κ2) is 10.7. The zero-order valence-corrected chi connectivity index (χ0v) is 19.8. The number of piperidine rings is 1. The minimum atomic E-state index is -3.72. The van der Waals surface area contributed by atoms with Crippen molar-refractivity contribution in [2.75, 3.05) is 46.0 Å². The molecule has 3 aliphatic rings. The normalized spacial score (nSPS) is 25.4. The van der Waals surface area contributed by atoms with Crippen molar-refractivity contribution >= 4 is 27.7 Å². The molecule has 0 aromatic heterocycles. The van der Waals surface area contributed by atoms with E-state index in [-0.39, 0.29) is 23.6 Å². The minimum Gasteiger partial charge on any atom is -0.448 e. The summed E-state index contributed by atoms with van der Waals surface area (Å²) in [5.41, 5.74) is 0. The summed E-state index contributed by atoms with van der Waals surface area (Å²) in [4.78, 5) is 14.7. The van der Waals surface area contributed by atoms with Crippen LogP contribution in [-0.4, -0.2) is 81.8 Å². The van der Waals surface area contributed by atoms with Crippen molar-refractivity contribution in [3.05, 3.63) is 29.3 Å². The Morgan fingerprint density at radius 3 is 2.53 bits per heavy atom. The molecule has 2 atom stereocenters. The largest absolute Gasteiger partial charge is 0.448 e. The third-order valence-electron chi connectivity index (χ3n) is 6.49. The molecule has 2 aliphatic heterocycles. The molecule has 1 saturated carbocycles. The Balaban J connectivity index is 1.37. The molecule has 0 spiro atoms. The van der Waals surface area contributed by atoms with E-state index in [2.05, 4.69) is 10.2 Å². The van der Waals surface area contributed by atoms with Crippen molar-refractivity contribution in [1.82, 2.24) is 14.5 Å². The molecule has 1 aromatic carbocycles. The predicted octanol–water partition coefficient (Wildman–Crippen LogP) is 2.72. The first kappa shape index (κ1) is 23.8. The molecule has 1 N–H and O–H groups in total. The van der Waals surface area contributed by atoms with Crippen LogP contribution in [0, 0.1) is 5.92 Å². The third-order valence-corrected chi connectivity index (χ3v) is 8.73. The molecule has 1 aromatic rings. The van der Waals surface area contributed by atoms with Gasteiger partial charge in [0.15, 0.2) is 0 Å². The molecule has 10 heteroatoms. The van der Waals surface area contributed by atoms with Crippen molar-refractivity contribution in [1.29, 1.82) is 0 Å². The van der Waals surface area contributed by atoms with E-state index in [4.69, 9.17) is 21.1 Å². The third kappa shape index (κ3) is 5.94. The van der Waals surface area contributed by atoms with Crippen LogP contribution >= 0.6 is 11.6 Å². The lowest BCUT2D eigenvalue weighted by atomic mass is 9.96. The van der Waals surface area contributed by atoms with Crippen molar-refractivity contribution in [2.24, 2.45) is 5.92 Å². The summed E-state index contributed by atoms with van der Waals surface area (Å²) in [7, 11) is -3.72. The first-order chi connectivity index (χ1) is 15.4. The molecule has 0 unspecified atom stereocenters. The van der Waals surface area contributed by atoms with Crippen molar-refractivity contribution in [2.45, 2.75) is 49.1 Å². The Kier molecular flexibility index (Phi) is 7.94. The number of hydrogen-bond acceptors (Lipinski definition) is 6. The molecule has 3 fully saturated rings. The molecule has 2 saturated heterocycles. The Morgan fingerprint density at radius 1 is 1.12 bits per heavy atom. The molecular weight excluding hydrogens is 454 g/mol. The van der Waals surface area contributed by atoms with E-state index in [0.29, 0.717) is 37.1 Å². The number of morpholine rings is 1. The molecular formula is C22H32ClN3O5S. The minimum absolute atomic E-state index is 0.0394. The van der Waals surface area contributed by atoms with Crippen LogP contribution in [0.5, 0.6) is 0 Å². The molecule has 32 heavy (non-hydrogen) atoms. The van der Waals surface area contributed by atoms with E-state index >= 15 is 0 Å². The van der Waals surface area contributed by atoms with Gasteiger partial charge in [-0.2, -0.15) is 4.31 Å². The van der Waals surface area contributed by atoms with Gasteiger partial charge in [0, 0.05) is 37.2 Å². The number of alkyl carbamates (subject to hydrolysis) is 1. The number of carbonyl (C=O) groups is 1. The van der Waals surface area contributed by atoms with Gasteiger partial charge in [0.25, 0.3) is 0 Å². The Bertz CT molecular complexity index is 872. The molecule has 1 aliphatic carbocycles. The smallest absolute Gasteiger partial charge is 0.407 e. The maximum Gasteiger partial charge on any atom is 0.407 e. The van der Waals surface area contributed by atoms with Gasteiger partial charge in [0.05, 0.1) is 24.2 Å². The van der Waals surface area contributed by atoms with Crippen LogP contribution in [0.2, 0.25) is 5.02 Å². The van der Waals surface area contributed by atoms with Crippen LogP contribution < -0.4 is 5.32 Å². The topological polar surface area (TPSA) is 88.2 Å². The maximum absolute atomic E-state index is 13.6. The highest BCUT2D eigenvalue weighted by Crippen LogP contribution is 2.43. The van der Waals surface area contributed by atoms with E-state index in [9.17, 15) is 13.2 Å². The lowest BCUT2D eigenvalue weighted by Crippen LogP contribution is -2.53. The van der Waals surface area contributed by atoms with E-state index in [1.54, 1.807) is 28.6 Å². The fourth-order valence-electron chi connectivity index (χ4n) is 4.64. The van der Waals surface area contributed by atoms with E-state index in [1.165, 1.54) is 0 Å². The second-order valence-corrected chi connectivity index (χ2v) is 11.0. The first-order valence-electron chi connectivity index (χ1n) is 11.4. The van der Waals surface area contributed by atoms with Crippen LogP contribution in [0.15, 0.2) is 29.2 Å². The number of halogens is 1. The lowest BCUT2D eigenvalue weighted by molar-refractivity contribution is 0.0378. The fourth-order valence-corrected chi connectivity index (χ4v) is 6.68. The van der Waals surface area contributed by atoms with Crippen LogP contribution in [0.25, 0.3) is 0 Å². The summed E-state index contributed by atoms with van der Waals surface area (Å²) in [5.74, 6) is 0.391. The van der Waals surface area contributed by atoms with Gasteiger partial charge >= 0.3 is 6.09 Å². The number of rotatable bonds is 8. The lowest BCUT2D eigenvalue weighted by Gasteiger charge is -2.41. The van der Waals surface area contributed by atoms with Crippen LogP contribution in [0.1, 0.15) is 32.1 Å². The standard InChI is InChI=1S/C22H32ClN3O5S/c23-18-6-8-20(9-7-18)32(28,29)26-19(2-1-3-21(26)17-4-5-17)16-31-22(27)24-10-11-25-12-14-30-15-13-25/h6-9,17,19,21H,1-5,10-16H2,(H,24,27)/t19-,21+/m0/s1. The number of carbonyl (C=O) groups excluding carboxylic acids is 1. The molecule has 8 nitrogen and oxygen atoms in total. The molecule has 2 heterocycles. The van der Waals surface area contributed by atoms with Gasteiger partial charge in [-0.25, -0.2) is 13.2 Å². The highest BCUT2D eigenvalue weighted by Gasteiger charge is 2.46. The molecule has 0 bridgehead atoms. The number of benzene rings is 1. The Labute approximate surface area is 195 Å². The number of hydrogen-bond donors (Lipinski definition) is 1. The summed E-state index contributed by atoms with van der Waals surface area (Å²) >= 11 is 5.96. The summed E-state index contributed by atoms with van der Waals surface area (Å²) in [5, 5.41) is 3.28. The first-order valence-corrected chi connectivity index (χ1v) is 13.3. The zero-order valence-electron chi connectivity index (χ0n) is 18.2. The monoisotopic (exact) mass is 485 g/mol. The number of nitrogens with one attached hydrogen (secondary N) is 1. The van der Waals surface area contributed by atoms with Crippen LogP contribution in [-0.2, 0) is 19.5 Å². The molecule has 1 amide bonds. The second-order valence-electron chi connectivity index (χ2n) is 8.76. The summed E-state index contributed by atoms with van der Waals surface area (Å²) in [6.45, 7) is 4.43. The summed E-state index contributed by atoms with van der Waals surface area (Å²) in [6, 6.07) is 5.89. The number of amides is 1. The Morgan fingerprint density at radius 2 is 1.84 bits per heavy atom. The fraction of sp³-hybridized carbons (Fsp3) is 0.682. The number of sulfonamides is 1.